The fourth-order valence-electron chi connectivity index (χ4n) is 2.00. The van der Waals surface area contributed by atoms with Crippen LogP contribution in [0.15, 0.2) is 52.3 Å². The van der Waals surface area contributed by atoms with Crippen LogP contribution in [0.25, 0.3) is 0 Å². The van der Waals surface area contributed by atoms with Crippen LogP contribution in [0.1, 0.15) is 25.0 Å². The summed E-state index contributed by atoms with van der Waals surface area (Å²) >= 11 is 7.93. The maximum absolute atomic E-state index is 6.16. The monoisotopic (exact) mass is 319 g/mol. The molecule has 2 rings (SSSR count). The topological polar surface area (TPSA) is 12.0 Å². The van der Waals surface area contributed by atoms with Crippen LogP contribution in [-0.2, 0) is 6.54 Å². The van der Waals surface area contributed by atoms with Gasteiger partial charge in [0, 0.05) is 21.4 Å². The van der Waals surface area contributed by atoms with Crippen LogP contribution in [0.3, 0.4) is 0 Å². The molecule has 0 fully saturated rings. The van der Waals surface area contributed by atoms with Crippen LogP contribution in [0.2, 0.25) is 5.02 Å². The molecular formula is C18H22ClNS. The molecule has 0 aliphatic carbocycles. The minimum absolute atomic E-state index is 0.658. The van der Waals surface area contributed by atoms with E-state index in [2.05, 4.69) is 62.5 Å². The Morgan fingerprint density at radius 1 is 1.10 bits per heavy atom. The molecule has 0 amide bonds. The second-order valence-corrected chi connectivity index (χ2v) is 7.24. The molecule has 0 heterocycles. The Balaban J connectivity index is 2.12. The lowest BCUT2D eigenvalue weighted by atomic mass is 10.2. The predicted octanol–water partition coefficient (Wildman–Crippen LogP) is 5.55. The van der Waals surface area contributed by atoms with Gasteiger partial charge in [0.15, 0.2) is 0 Å². The van der Waals surface area contributed by atoms with Crippen molar-refractivity contribution in [3.05, 3.63) is 58.6 Å². The number of aryl methyl sites for hydroxylation is 1. The zero-order valence-corrected chi connectivity index (χ0v) is 14.4. The Labute approximate surface area is 137 Å². The van der Waals surface area contributed by atoms with Gasteiger partial charge in [-0.15, -0.1) is 0 Å². The zero-order chi connectivity index (χ0) is 15.2. The number of hydrogen-bond donors (Lipinski definition) is 1. The highest BCUT2D eigenvalue weighted by Crippen LogP contribution is 2.32. The number of benzene rings is 2. The van der Waals surface area contributed by atoms with E-state index in [0.29, 0.717) is 5.92 Å². The Morgan fingerprint density at radius 3 is 2.48 bits per heavy atom. The summed E-state index contributed by atoms with van der Waals surface area (Å²) in [5.41, 5.74) is 2.58. The summed E-state index contributed by atoms with van der Waals surface area (Å²) < 4.78 is 0. The lowest BCUT2D eigenvalue weighted by Crippen LogP contribution is -2.19. The van der Waals surface area contributed by atoms with Gasteiger partial charge in [-0.1, -0.05) is 61.0 Å². The van der Waals surface area contributed by atoms with E-state index >= 15 is 0 Å². The van der Waals surface area contributed by atoms with Crippen molar-refractivity contribution >= 4 is 23.4 Å². The van der Waals surface area contributed by atoms with Crippen molar-refractivity contribution in [3.8, 4) is 0 Å². The van der Waals surface area contributed by atoms with E-state index in [1.54, 1.807) is 11.8 Å². The maximum atomic E-state index is 6.16. The molecule has 0 atom stereocenters. The average molecular weight is 320 g/mol. The lowest BCUT2D eigenvalue weighted by molar-refractivity contribution is 0.550. The quantitative estimate of drug-likeness (QED) is 0.749. The lowest BCUT2D eigenvalue weighted by Gasteiger charge is -2.12. The van der Waals surface area contributed by atoms with Crippen molar-refractivity contribution < 1.29 is 0 Å². The molecule has 1 nitrogen and oxygen atoms in total. The van der Waals surface area contributed by atoms with Gasteiger partial charge in [0.25, 0.3) is 0 Å². The van der Waals surface area contributed by atoms with E-state index in [9.17, 15) is 0 Å². The fourth-order valence-corrected chi connectivity index (χ4v) is 3.22. The van der Waals surface area contributed by atoms with Crippen molar-refractivity contribution in [2.75, 3.05) is 6.54 Å². The molecule has 21 heavy (non-hydrogen) atoms. The highest BCUT2D eigenvalue weighted by molar-refractivity contribution is 7.99. The molecule has 0 aliphatic heterocycles. The van der Waals surface area contributed by atoms with Crippen molar-refractivity contribution in [1.82, 2.24) is 5.32 Å². The van der Waals surface area contributed by atoms with E-state index < -0.39 is 0 Å². The van der Waals surface area contributed by atoms with E-state index in [1.807, 2.05) is 6.07 Å². The molecule has 112 valence electrons. The van der Waals surface area contributed by atoms with Crippen LogP contribution >= 0.6 is 23.4 Å². The molecule has 0 spiro atoms. The molecule has 0 saturated carbocycles. The first-order valence-corrected chi connectivity index (χ1v) is 8.47. The zero-order valence-electron chi connectivity index (χ0n) is 12.8. The summed E-state index contributed by atoms with van der Waals surface area (Å²) in [7, 11) is 0. The van der Waals surface area contributed by atoms with E-state index in [1.165, 1.54) is 20.9 Å². The summed E-state index contributed by atoms with van der Waals surface area (Å²) in [6.45, 7) is 8.45. The van der Waals surface area contributed by atoms with Crippen molar-refractivity contribution in [3.63, 3.8) is 0 Å². The van der Waals surface area contributed by atoms with Crippen molar-refractivity contribution in [1.29, 1.82) is 0 Å². The van der Waals surface area contributed by atoms with Gasteiger partial charge in [-0.2, -0.15) is 0 Å². The summed E-state index contributed by atoms with van der Waals surface area (Å²) in [6.07, 6.45) is 0. The van der Waals surface area contributed by atoms with Gasteiger partial charge in [-0.05, 0) is 49.2 Å². The fraction of sp³-hybridized carbons (Fsp3) is 0.333. The molecule has 0 aromatic heterocycles. The first kappa shape index (κ1) is 16.4. The second kappa shape index (κ2) is 7.88. The van der Waals surface area contributed by atoms with Crippen LogP contribution in [-0.4, -0.2) is 6.54 Å². The van der Waals surface area contributed by atoms with Gasteiger partial charge in [0.1, 0.15) is 0 Å². The van der Waals surface area contributed by atoms with Crippen LogP contribution in [0, 0.1) is 12.8 Å². The van der Waals surface area contributed by atoms with Gasteiger partial charge in [0.05, 0.1) is 0 Å². The Morgan fingerprint density at radius 2 is 1.81 bits per heavy atom. The molecule has 1 N–H and O–H groups in total. The molecule has 2 aromatic rings. The Bertz CT molecular complexity index is 578. The van der Waals surface area contributed by atoms with Crippen LogP contribution in [0.5, 0.6) is 0 Å². The van der Waals surface area contributed by atoms with Crippen LogP contribution < -0.4 is 5.32 Å². The minimum Gasteiger partial charge on any atom is -0.312 e. The third-order valence-electron chi connectivity index (χ3n) is 3.15. The van der Waals surface area contributed by atoms with Gasteiger partial charge in [-0.25, -0.2) is 0 Å². The second-order valence-electron chi connectivity index (χ2n) is 5.69. The van der Waals surface area contributed by atoms with E-state index in [-0.39, 0.29) is 0 Å². The first-order valence-electron chi connectivity index (χ1n) is 7.28. The summed E-state index contributed by atoms with van der Waals surface area (Å²) in [5, 5.41) is 4.29. The third-order valence-corrected chi connectivity index (χ3v) is 4.49. The summed E-state index contributed by atoms with van der Waals surface area (Å²) in [4.78, 5) is 2.47. The minimum atomic E-state index is 0.658. The molecule has 0 saturated heterocycles. The molecule has 3 heteroatoms. The summed E-state index contributed by atoms with van der Waals surface area (Å²) in [6, 6.07) is 14.7. The largest absolute Gasteiger partial charge is 0.312 e. The van der Waals surface area contributed by atoms with Gasteiger partial charge < -0.3 is 5.32 Å². The van der Waals surface area contributed by atoms with Gasteiger partial charge in [0.2, 0.25) is 0 Å². The normalized spacial score (nSPS) is 11.1. The highest BCUT2D eigenvalue weighted by atomic mass is 35.5. The average Bonchev–Trinajstić information content (AvgIpc) is 2.43. The van der Waals surface area contributed by atoms with Crippen LogP contribution in [0.4, 0.5) is 0 Å². The molecular weight excluding hydrogens is 298 g/mol. The van der Waals surface area contributed by atoms with Crippen molar-refractivity contribution in [2.24, 2.45) is 5.92 Å². The van der Waals surface area contributed by atoms with E-state index in [0.717, 1.165) is 18.1 Å². The number of rotatable bonds is 6. The van der Waals surface area contributed by atoms with Gasteiger partial charge in [-0.3, -0.25) is 0 Å². The molecule has 0 aliphatic rings. The number of nitrogens with one attached hydrogen (secondary N) is 1. The maximum Gasteiger partial charge on any atom is 0.0417 e. The first-order chi connectivity index (χ1) is 10.0. The highest BCUT2D eigenvalue weighted by Gasteiger charge is 2.06. The van der Waals surface area contributed by atoms with E-state index in [4.69, 9.17) is 11.6 Å². The Kier molecular flexibility index (Phi) is 6.16. The van der Waals surface area contributed by atoms with Gasteiger partial charge >= 0.3 is 0 Å². The third kappa shape index (κ3) is 5.39. The smallest absolute Gasteiger partial charge is 0.0417 e. The molecule has 2 aromatic carbocycles. The number of hydrogen-bond acceptors (Lipinski definition) is 2. The molecule has 0 unspecified atom stereocenters. The standard InChI is InChI=1S/C18H22ClNS/c1-13(2)11-20-12-15-6-7-16(19)10-18(15)21-17-8-4-14(3)5-9-17/h4-10,13,20H,11-12H2,1-3H3. The predicted molar refractivity (Wildman–Crippen MR) is 93.3 cm³/mol. The molecule has 0 radical (unpaired) electrons. The Hall–Kier alpha value is -0.960. The number of halogens is 1. The SMILES string of the molecule is Cc1ccc(Sc2cc(Cl)ccc2CNCC(C)C)cc1. The summed E-state index contributed by atoms with van der Waals surface area (Å²) in [5.74, 6) is 0.658. The van der Waals surface area contributed by atoms with Crippen molar-refractivity contribution in [2.45, 2.75) is 37.1 Å². The molecule has 0 bridgehead atoms.